The van der Waals surface area contributed by atoms with Crippen molar-refractivity contribution in [1.29, 1.82) is 0 Å². The van der Waals surface area contributed by atoms with E-state index in [9.17, 15) is 4.79 Å². The van der Waals surface area contributed by atoms with Crippen molar-refractivity contribution >= 4 is 17.3 Å². The van der Waals surface area contributed by atoms with Crippen LogP contribution in [0.5, 0.6) is 0 Å². The van der Waals surface area contributed by atoms with E-state index in [2.05, 4.69) is 24.3 Å². The van der Waals surface area contributed by atoms with E-state index in [1.54, 1.807) is 10.9 Å². The molecule has 5 heteroatoms. The monoisotopic (exact) mass is 283 g/mol. The second kappa shape index (κ2) is 6.42. The maximum atomic E-state index is 12.4. The van der Waals surface area contributed by atoms with Crippen molar-refractivity contribution < 1.29 is 0 Å². The van der Waals surface area contributed by atoms with Crippen molar-refractivity contribution in [3.05, 3.63) is 21.6 Å². The van der Waals surface area contributed by atoms with Gasteiger partial charge in [-0.2, -0.15) is 5.10 Å². The van der Waals surface area contributed by atoms with Crippen LogP contribution in [0.3, 0.4) is 0 Å². The Balaban J connectivity index is 2.16. The topological polar surface area (TPSA) is 46.9 Å². The fourth-order valence-corrected chi connectivity index (χ4v) is 2.58. The maximum absolute atomic E-state index is 12.4. The van der Waals surface area contributed by atoms with E-state index >= 15 is 0 Å². The molecule has 0 saturated heterocycles. The van der Waals surface area contributed by atoms with Crippen LogP contribution in [0, 0.1) is 5.92 Å². The Kier molecular flexibility index (Phi) is 4.86. The number of nitrogens with one attached hydrogen (secondary N) is 1. The molecule has 0 aliphatic heterocycles. The predicted molar refractivity (Wildman–Crippen MR) is 78.8 cm³/mol. The van der Waals surface area contributed by atoms with Crippen LogP contribution >= 0.6 is 11.6 Å². The summed E-state index contributed by atoms with van der Waals surface area (Å²) in [7, 11) is 0. The third-order valence-corrected chi connectivity index (χ3v) is 4.05. The highest BCUT2D eigenvalue weighted by molar-refractivity contribution is 6.33. The van der Waals surface area contributed by atoms with Crippen LogP contribution in [-0.2, 0) is 6.54 Å². The van der Waals surface area contributed by atoms with Crippen molar-refractivity contribution in [2.24, 2.45) is 5.92 Å². The van der Waals surface area contributed by atoms with Crippen LogP contribution in [-0.4, -0.2) is 15.8 Å². The van der Waals surface area contributed by atoms with Gasteiger partial charge >= 0.3 is 0 Å². The molecule has 1 aliphatic rings. The normalized spacial score (nSPS) is 17.0. The van der Waals surface area contributed by atoms with E-state index in [0.29, 0.717) is 23.2 Å². The van der Waals surface area contributed by atoms with Crippen molar-refractivity contribution in [3.8, 4) is 0 Å². The number of aromatic nitrogens is 2. The van der Waals surface area contributed by atoms with Gasteiger partial charge in [0.25, 0.3) is 5.56 Å². The van der Waals surface area contributed by atoms with Gasteiger partial charge in [-0.25, -0.2) is 4.68 Å². The lowest BCUT2D eigenvalue weighted by Gasteiger charge is -2.25. The minimum atomic E-state index is -0.0950. The quantitative estimate of drug-likeness (QED) is 0.871. The molecular formula is C14H22ClN3O. The highest BCUT2D eigenvalue weighted by Gasteiger charge is 2.20. The molecular weight excluding hydrogens is 262 g/mol. The number of hydrogen-bond donors (Lipinski definition) is 1. The Labute approximate surface area is 119 Å². The standard InChI is InChI=1S/C14H22ClN3O/c1-3-5-10(2)17-13-12(15)8-16-18(14(13)19)9-11-6-4-7-11/h8,10-11,17H,3-7,9H2,1-2H3. The molecule has 0 aromatic carbocycles. The molecule has 0 radical (unpaired) electrons. The molecule has 1 heterocycles. The first-order valence-electron chi connectivity index (χ1n) is 7.14. The van der Waals surface area contributed by atoms with Crippen LogP contribution in [0.4, 0.5) is 5.69 Å². The highest BCUT2D eigenvalue weighted by Crippen LogP contribution is 2.27. The number of anilines is 1. The first-order valence-corrected chi connectivity index (χ1v) is 7.51. The highest BCUT2D eigenvalue weighted by atomic mass is 35.5. The Hall–Kier alpha value is -1.03. The van der Waals surface area contributed by atoms with Gasteiger partial charge in [0.15, 0.2) is 0 Å². The molecule has 19 heavy (non-hydrogen) atoms. The Bertz CT molecular complexity index is 482. The van der Waals surface area contributed by atoms with Gasteiger partial charge in [0.2, 0.25) is 0 Å². The third kappa shape index (κ3) is 3.50. The summed E-state index contributed by atoms with van der Waals surface area (Å²) in [5.41, 5.74) is 0.402. The minimum Gasteiger partial charge on any atom is -0.377 e. The van der Waals surface area contributed by atoms with Crippen LogP contribution in [0.2, 0.25) is 5.02 Å². The zero-order valence-corrected chi connectivity index (χ0v) is 12.4. The van der Waals surface area contributed by atoms with E-state index in [0.717, 1.165) is 12.8 Å². The molecule has 0 bridgehead atoms. The summed E-state index contributed by atoms with van der Waals surface area (Å²) in [5.74, 6) is 0.604. The van der Waals surface area contributed by atoms with Crippen molar-refractivity contribution in [2.45, 2.75) is 58.5 Å². The summed E-state index contributed by atoms with van der Waals surface area (Å²) in [5, 5.41) is 7.78. The van der Waals surface area contributed by atoms with Crippen LogP contribution < -0.4 is 10.9 Å². The van der Waals surface area contributed by atoms with Gasteiger partial charge in [-0.15, -0.1) is 0 Å². The van der Waals surface area contributed by atoms with E-state index in [-0.39, 0.29) is 11.6 Å². The predicted octanol–water partition coefficient (Wildman–Crippen LogP) is 3.30. The van der Waals surface area contributed by atoms with Crippen molar-refractivity contribution in [3.63, 3.8) is 0 Å². The SMILES string of the molecule is CCCC(C)Nc1c(Cl)cnn(CC2CCC2)c1=O. The fourth-order valence-electron chi connectivity index (χ4n) is 2.40. The molecule has 0 spiro atoms. The van der Waals surface area contributed by atoms with Gasteiger partial charge in [-0.05, 0) is 32.1 Å². The summed E-state index contributed by atoms with van der Waals surface area (Å²) in [6.07, 6.45) is 7.33. The summed E-state index contributed by atoms with van der Waals surface area (Å²) < 4.78 is 1.55. The zero-order valence-electron chi connectivity index (χ0n) is 11.7. The molecule has 106 valence electrons. The molecule has 1 aromatic rings. The fraction of sp³-hybridized carbons (Fsp3) is 0.714. The Morgan fingerprint density at radius 3 is 2.89 bits per heavy atom. The molecule has 1 atom stereocenters. The summed E-state index contributed by atoms with van der Waals surface area (Å²) in [4.78, 5) is 12.4. The van der Waals surface area contributed by atoms with Gasteiger partial charge in [-0.1, -0.05) is 31.4 Å². The van der Waals surface area contributed by atoms with Gasteiger partial charge in [-0.3, -0.25) is 4.79 Å². The van der Waals surface area contributed by atoms with E-state index in [4.69, 9.17) is 11.6 Å². The Morgan fingerprint density at radius 2 is 2.32 bits per heavy atom. The number of rotatable bonds is 6. The zero-order chi connectivity index (χ0) is 13.8. The van der Waals surface area contributed by atoms with Crippen LogP contribution in [0.1, 0.15) is 46.0 Å². The Morgan fingerprint density at radius 1 is 1.58 bits per heavy atom. The van der Waals surface area contributed by atoms with Gasteiger partial charge < -0.3 is 5.32 Å². The first-order chi connectivity index (χ1) is 9.11. The van der Waals surface area contributed by atoms with Crippen LogP contribution in [0.25, 0.3) is 0 Å². The third-order valence-electron chi connectivity index (χ3n) is 3.77. The number of hydrogen-bond acceptors (Lipinski definition) is 3. The first kappa shape index (κ1) is 14.4. The van der Waals surface area contributed by atoms with Crippen molar-refractivity contribution in [1.82, 2.24) is 9.78 Å². The summed E-state index contributed by atoms with van der Waals surface area (Å²) >= 11 is 6.09. The molecule has 1 saturated carbocycles. The minimum absolute atomic E-state index is 0.0950. The number of nitrogens with zero attached hydrogens (tertiary/aromatic N) is 2. The van der Waals surface area contributed by atoms with E-state index in [1.165, 1.54) is 19.3 Å². The largest absolute Gasteiger partial charge is 0.377 e. The second-order valence-corrected chi connectivity index (χ2v) is 5.89. The maximum Gasteiger partial charge on any atom is 0.291 e. The lowest BCUT2D eigenvalue weighted by molar-refractivity contribution is 0.262. The van der Waals surface area contributed by atoms with Gasteiger partial charge in [0.1, 0.15) is 5.69 Å². The van der Waals surface area contributed by atoms with E-state index in [1.807, 2.05) is 0 Å². The van der Waals surface area contributed by atoms with Gasteiger partial charge in [0.05, 0.1) is 11.2 Å². The molecule has 2 rings (SSSR count). The smallest absolute Gasteiger partial charge is 0.291 e. The average molecular weight is 284 g/mol. The molecule has 1 fully saturated rings. The lowest BCUT2D eigenvalue weighted by atomic mass is 9.85. The lowest BCUT2D eigenvalue weighted by Crippen LogP contribution is -2.32. The van der Waals surface area contributed by atoms with E-state index < -0.39 is 0 Å². The number of halogens is 1. The molecule has 1 aliphatic carbocycles. The molecule has 0 amide bonds. The summed E-state index contributed by atoms with van der Waals surface area (Å²) in [6.45, 7) is 4.91. The summed E-state index contributed by atoms with van der Waals surface area (Å²) in [6, 6.07) is 0.245. The van der Waals surface area contributed by atoms with Crippen LogP contribution in [0.15, 0.2) is 11.0 Å². The molecule has 4 nitrogen and oxygen atoms in total. The second-order valence-electron chi connectivity index (χ2n) is 5.49. The van der Waals surface area contributed by atoms with Gasteiger partial charge in [0, 0.05) is 12.6 Å². The molecule has 1 unspecified atom stereocenters. The van der Waals surface area contributed by atoms with Crippen molar-refractivity contribution in [2.75, 3.05) is 5.32 Å². The molecule has 1 aromatic heterocycles. The molecule has 1 N–H and O–H groups in total. The average Bonchev–Trinajstić information content (AvgIpc) is 2.32.